The van der Waals surface area contributed by atoms with E-state index in [4.69, 9.17) is 14.2 Å². The summed E-state index contributed by atoms with van der Waals surface area (Å²) < 4.78 is 30.1. The van der Waals surface area contributed by atoms with Gasteiger partial charge in [0.1, 0.15) is 11.6 Å². The van der Waals surface area contributed by atoms with Gasteiger partial charge in [-0.2, -0.15) is 0 Å². The second-order valence-corrected chi connectivity index (χ2v) is 10.4. The Morgan fingerprint density at radius 1 is 1.10 bits per heavy atom. The molecule has 1 aliphatic rings. The van der Waals surface area contributed by atoms with Crippen molar-refractivity contribution in [2.45, 2.75) is 31.7 Å². The van der Waals surface area contributed by atoms with Gasteiger partial charge in [-0.05, 0) is 92.8 Å². The van der Waals surface area contributed by atoms with Gasteiger partial charge < -0.3 is 24.0 Å². The molecule has 3 aromatic rings. The van der Waals surface area contributed by atoms with Crippen LogP contribution >= 0.6 is 0 Å². The standard InChI is InChI=1S/C33H38FN3O5/c1-5-41-33(39)32(29-19-28(34)11-13-31(29)42-22-40-4)37(3)21-35-30-12-10-26(18-27(30)20-38)24-8-6-23(7-9-24)25-14-16-36(2)17-15-25/h6-13,18-21,25,32H,5,14-17,22H2,1-4H3. The van der Waals surface area contributed by atoms with Gasteiger partial charge in [-0.1, -0.05) is 30.3 Å². The van der Waals surface area contributed by atoms with Crippen molar-refractivity contribution >= 4 is 24.3 Å². The van der Waals surface area contributed by atoms with Crippen LogP contribution in [0, 0.1) is 5.82 Å². The van der Waals surface area contributed by atoms with Crippen LogP contribution in [0.25, 0.3) is 11.1 Å². The summed E-state index contributed by atoms with van der Waals surface area (Å²) in [5.74, 6) is -0.291. The molecule has 1 aliphatic heterocycles. The van der Waals surface area contributed by atoms with Crippen molar-refractivity contribution in [3.8, 4) is 16.9 Å². The number of esters is 1. The quantitative estimate of drug-likeness (QED) is 0.0863. The van der Waals surface area contributed by atoms with Gasteiger partial charge in [0, 0.05) is 25.3 Å². The smallest absolute Gasteiger partial charge is 0.333 e. The van der Waals surface area contributed by atoms with Crippen molar-refractivity contribution in [2.24, 2.45) is 4.99 Å². The third-order valence-corrected chi connectivity index (χ3v) is 7.48. The zero-order valence-corrected chi connectivity index (χ0v) is 24.6. The molecule has 8 nitrogen and oxygen atoms in total. The molecule has 1 saturated heterocycles. The molecule has 0 saturated carbocycles. The normalized spacial score (nSPS) is 15.0. The Balaban J connectivity index is 1.56. The van der Waals surface area contributed by atoms with E-state index in [0.717, 1.165) is 43.3 Å². The third-order valence-electron chi connectivity index (χ3n) is 7.48. The lowest BCUT2D eigenvalue weighted by atomic mass is 9.88. The van der Waals surface area contributed by atoms with E-state index in [2.05, 4.69) is 41.2 Å². The molecule has 0 amide bonds. The van der Waals surface area contributed by atoms with E-state index in [1.54, 1.807) is 26.1 Å². The highest BCUT2D eigenvalue weighted by Gasteiger charge is 2.29. The largest absolute Gasteiger partial charge is 0.467 e. The monoisotopic (exact) mass is 575 g/mol. The summed E-state index contributed by atoms with van der Waals surface area (Å²) in [6.45, 7) is 3.97. The molecule has 0 bridgehead atoms. The number of nitrogens with zero attached hydrogens (tertiary/aromatic N) is 3. The molecule has 1 fully saturated rings. The number of carbonyl (C=O) groups is 2. The van der Waals surface area contributed by atoms with E-state index in [1.165, 1.54) is 42.1 Å². The van der Waals surface area contributed by atoms with Crippen LogP contribution in [-0.4, -0.2) is 76.1 Å². The van der Waals surface area contributed by atoms with Crippen LogP contribution in [0.3, 0.4) is 0 Å². The van der Waals surface area contributed by atoms with Crippen LogP contribution in [-0.2, 0) is 14.3 Å². The van der Waals surface area contributed by atoms with Gasteiger partial charge >= 0.3 is 5.97 Å². The SMILES string of the molecule is CCOC(=O)C(c1cc(F)ccc1OCOC)N(C)C=Nc1ccc(-c2ccc(C3CCN(C)CC3)cc2)cc1C=O. The molecule has 0 aliphatic carbocycles. The maximum absolute atomic E-state index is 14.3. The number of hydrogen-bond donors (Lipinski definition) is 0. The van der Waals surface area contributed by atoms with Crippen molar-refractivity contribution in [2.75, 3.05) is 47.7 Å². The maximum Gasteiger partial charge on any atom is 0.333 e. The minimum atomic E-state index is -1.06. The van der Waals surface area contributed by atoms with Crippen LogP contribution in [0.15, 0.2) is 65.7 Å². The molecule has 0 spiro atoms. The molecule has 0 N–H and O–H groups in total. The first kappa shape index (κ1) is 30.9. The Kier molecular flexibility index (Phi) is 10.8. The number of methoxy groups -OCH3 is 1. The Bertz CT molecular complexity index is 1390. The van der Waals surface area contributed by atoms with Gasteiger partial charge in [0.25, 0.3) is 0 Å². The molecule has 1 unspecified atom stereocenters. The summed E-state index contributed by atoms with van der Waals surface area (Å²) in [7, 11) is 5.25. The van der Waals surface area contributed by atoms with E-state index >= 15 is 0 Å². The number of benzene rings is 3. The average molecular weight is 576 g/mol. The number of aldehydes is 1. The van der Waals surface area contributed by atoms with Gasteiger partial charge in [-0.3, -0.25) is 4.79 Å². The van der Waals surface area contributed by atoms with Crippen LogP contribution in [0.5, 0.6) is 5.75 Å². The van der Waals surface area contributed by atoms with Gasteiger partial charge in [0.05, 0.1) is 18.6 Å². The van der Waals surface area contributed by atoms with Gasteiger partial charge in [-0.15, -0.1) is 0 Å². The van der Waals surface area contributed by atoms with Crippen molar-refractivity contribution in [3.63, 3.8) is 0 Å². The number of likely N-dealkylation sites (N-methyl/N-ethyl adjacent to an activating group) is 1. The van der Waals surface area contributed by atoms with Gasteiger partial charge in [0.2, 0.25) is 0 Å². The summed E-state index contributed by atoms with van der Waals surface area (Å²) in [5.41, 5.74) is 4.36. The first-order chi connectivity index (χ1) is 20.3. The molecular formula is C33H38FN3O5. The van der Waals surface area contributed by atoms with Crippen LogP contribution in [0.1, 0.15) is 53.2 Å². The second kappa shape index (κ2) is 14.7. The summed E-state index contributed by atoms with van der Waals surface area (Å²) in [4.78, 5) is 33.4. The number of ether oxygens (including phenoxy) is 3. The number of carbonyl (C=O) groups excluding carboxylic acids is 2. The Morgan fingerprint density at radius 2 is 1.81 bits per heavy atom. The molecule has 4 rings (SSSR count). The van der Waals surface area contributed by atoms with E-state index in [9.17, 15) is 14.0 Å². The first-order valence-corrected chi connectivity index (χ1v) is 14.1. The topological polar surface area (TPSA) is 80.7 Å². The van der Waals surface area contributed by atoms with Gasteiger partial charge in [-0.25, -0.2) is 14.2 Å². The van der Waals surface area contributed by atoms with Crippen LogP contribution in [0.2, 0.25) is 0 Å². The molecule has 42 heavy (non-hydrogen) atoms. The molecule has 1 heterocycles. The Labute approximate surface area is 246 Å². The lowest BCUT2D eigenvalue weighted by Gasteiger charge is -2.29. The number of piperidine rings is 1. The first-order valence-electron chi connectivity index (χ1n) is 14.1. The fourth-order valence-electron chi connectivity index (χ4n) is 5.18. The average Bonchev–Trinajstić information content (AvgIpc) is 3.00. The van der Waals surface area contributed by atoms with Crippen LogP contribution in [0.4, 0.5) is 10.1 Å². The number of likely N-dealkylation sites (tertiary alicyclic amines) is 1. The lowest BCUT2D eigenvalue weighted by molar-refractivity contribution is -0.147. The minimum absolute atomic E-state index is 0.0814. The van der Waals surface area contributed by atoms with Crippen molar-refractivity contribution in [1.29, 1.82) is 0 Å². The lowest BCUT2D eigenvalue weighted by Crippen LogP contribution is -2.32. The fraction of sp³-hybridized carbons (Fsp3) is 0.364. The van der Waals surface area contributed by atoms with E-state index in [1.807, 2.05) is 6.07 Å². The predicted molar refractivity (Wildman–Crippen MR) is 161 cm³/mol. The highest BCUT2D eigenvalue weighted by atomic mass is 19.1. The molecule has 222 valence electrons. The van der Waals surface area contributed by atoms with Gasteiger partial charge in [0.15, 0.2) is 19.1 Å². The summed E-state index contributed by atoms with van der Waals surface area (Å²) in [6, 6.07) is 16.9. The summed E-state index contributed by atoms with van der Waals surface area (Å²) >= 11 is 0. The maximum atomic E-state index is 14.3. The summed E-state index contributed by atoms with van der Waals surface area (Å²) in [6.07, 6.45) is 4.49. The highest BCUT2D eigenvalue weighted by molar-refractivity contribution is 5.88. The van der Waals surface area contributed by atoms with E-state index in [-0.39, 0.29) is 24.7 Å². The van der Waals surface area contributed by atoms with Crippen molar-refractivity contribution < 1.29 is 28.2 Å². The molecular weight excluding hydrogens is 537 g/mol. The third kappa shape index (κ3) is 7.60. The highest BCUT2D eigenvalue weighted by Crippen LogP contribution is 2.33. The zero-order valence-electron chi connectivity index (χ0n) is 24.6. The molecule has 0 radical (unpaired) electrons. The predicted octanol–water partition coefficient (Wildman–Crippen LogP) is 5.99. The zero-order chi connectivity index (χ0) is 30.1. The van der Waals surface area contributed by atoms with E-state index in [0.29, 0.717) is 17.2 Å². The second-order valence-electron chi connectivity index (χ2n) is 10.4. The molecule has 3 aromatic carbocycles. The van der Waals surface area contributed by atoms with Crippen molar-refractivity contribution in [1.82, 2.24) is 9.80 Å². The van der Waals surface area contributed by atoms with Crippen molar-refractivity contribution in [3.05, 3.63) is 83.2 Å². The summed E-state index contributed by atoms with van der Waals surface area (Å²) in [5, 5.41) is 0. The fourth-order valence-corrected chi connectivity index (χ4v) is 5.18. The Hall–Kier alpha value is -4.08. The number of aliphatic imine (C=N–C) groups is 1. The minimum Gasteiger partial charge on any atom is -0.467 e. The van der Waals surface area contributed by atoms with E-state index < -0.39 is 17.8 Å². The number of rotatable bonds is 12. The number of halogens is 1. The molecule has 9 heteroatoms. The molecule has 0 aromatic heterocycles. The number of hydrogen-bond acceptors (Lipinski definition) is 7. The van der Waals surface area contributed by atoms with Crippen LogP contribution < -0.4 is 4.74 Å². The Morgan fingerprint density at radius 3 is 2.48 bits per heavy atom. The molecule has 1 atom stereocenters.